The third kappa shape index (κ3) is 5.60. The molecule has 3 aliphatic heterocycles. The molecular weight excluding hydrogens is 671 g/mol. The van der Waals surface area contributed by atoms with Crippen LogP contribution in [0.4, 0.5) is 11.4 Å². The third-order valence-corrected chi connectivity index (χ3v) is 11.2. The van der Waals surface area contributed by atoms with Gasteiger partial charge in [-0.05, 0) is 63.2 Å². The molecule has 11 rings (SSSR count). The predicted molar refractivity (Wildman–Crippen MR) is 227 cm³/mol. The molecule has 2 aromatic heterocycles. The Morgan fingerprint density at radius 3 is 1.76 bits per heavy atom. The Labute approximate surface area is 319 Å². The van der Waals surface area contributed by atoms with Crippen molar-refractivity contribution in [2.24, 2.45) is 4.99 Å². The molecule has 0 spiro atoms. The van der Waals surface area contributed by atoms with Crippen LogP contribution < -0.4 is 10.6 Å². The molecule has 55 heavy (non-hydrogen) atoms. The molecule has 0 bridgehead atoms. The normalized spacial score (nSPS) is 16.5. The van der Waals surface area contributed by atoms with Gasteiger partial charge in [-0.15, -0.1) is 0 Å². The Hall–Kier alpha value is -7.11. The lowest BCUT2D eigenvalue weighted by molar-refractivity contribution is 0.955. The van der Waals surface area contributed by atoms with Crippen molar-refractivity contribution >= 4 is 51.0 Å². The van der Waals surface area contributed by atoms with Crippen LogP contribution in [0.15, 0.2) is 169 Å². The number of rotatable bonds is 5. The van der Waals surface area contributed by atoms with Gasteiger partial charge in [-0.1, -0.05) is 152 Å². The monoisotopic (exact) mass is 705 g/mol. The van der Waals surface area contributed by atoms with Gasteiger partial charge in [0.15, 0.2) is 0 Å². The minimum absolute atomic E-state index is 0.0613. The van der Waals surface area contributed by atoms with E-state index in [0.717, 1.165) is 67.0 Å². The minimum atomic E-state index is 0.0613. The Bertz CT molecular complexity index is 2910. The summed E-state index contributed by atoms with van der Waals surface area (Å²) in [6, 6.07) is 54.0. The SMILES string of the molecule is C1=CC(c2ccccc2)Nc2c1ccc1c2NC(c2ccc(-c3ccc4ccc(-c5ccc6ccc(C7=NCc8ccccc87)nc6c5)nc4c3)cc2)C=C1. The summed E-state index contributed by atoms with van der Waals surface area (Å²) in [4.78, 5) is 15.1. The van der Waals surface area contributed by atoms with Gasteiger partial charge in [0.2, 0.25) is 0 Å². The number of pyridine rings is 2. The molecule has 5 nitrogen and oxygen atoms in total. The lowest BCUT2D eigenvalue weighted by Crippen LogP contribution is -2.18. The first-order valence-electron chi connectivity index (χ1n) is 18.9. The summed E-state index contributed by atoms with van der Waals surface area (Å²) >= 11 is 0. The van der Waals surface area contributed by atoms with Crippen LogP contribution in [0.25, 0.3) is 56.3 Å². The van der Waals surface area contributed by atoms with Crippen LogP contribution in [0, 0.1) is 0 Å². The molecule has 260 valence electrons. The van der Waals surface area contributed by atoms with E-state index >= 15 is 0 Å². The highest BCUT2D eigenvalue weighted by atomic mass is 15.0. The summed E-state index contributed by atoms with van der Waals surface area (Å²) in [5.41, 5.74) is 17.6. The second-order valence-electron chi connectivity index (χ2n) is 14.5. The second kappa shape index (κ2) is 12.8. The Morgan fingerprint density at radius 1 is 0.473 bits per heavy atom. The van der Waals surface area contributed by atoms with Gasteiger partial charge in [0.25, 0.3) is 0 Å². The molecule has 0 saturated heterocycles. The highest BCUT2D eigenvalue weighted by Crippen LogP contribution is 2.42. The maximum Gasteiger partial charge on any atom is 0.0910 e. The highest BCUT2D eigenvalue weighted by molar-refractivity contribution is 6.14. The molecule has 2 atom stereocenters. The summed E-state index contributed by atoms with van der Waals surface area (Å²) in [6.45, 7) is 0.705. The molecule has 0 saturated carbocycles. The maximum absolute atomic E-state index is 5.16. The number of anilines is 2. The molecule has 0 aliphatic carbocycles. The Balaban J connectivity index is 0.851. The zero-order valence-electron chi connectivity index (χ0n) is 29.9. The second-order valence-corrected chi connectivity index (χ2v) is 14.5. The van der Waals surface area contributed by atoms with E-state index in [0.29, 0.717) is 6.54 Å². The molecule has 5 heteroatoms. The van der Waals surface area contributed by atoms with Gasteiger partial charge in [-0.3, -0.25) is 4.99 Å². The highest BCUT2D eigenvalue weighted by Gasteiger charge is 2.23. The van der Waals surface area contributed by atoms with Crippen molar-refractivity contribution in [1.29, 1.82) is 0 Å². The number of hydrogen-bond acceptors (Lipinski definition) is 5. The van der Waals surface area contributed by atoms with E-state index in [1.807, 2.05) is 0 Å². The number of fused-ring (bicyclic) bond motifs is 6. The lowest BCUT2D eigenvalue weighted by Gasteiger charge is -2.30. The fourth-order valence-corrected chi connectivity index (χ4v) is 8.19. The smallest absolute Gasteiger partial charge is 0.0910 e. The summed E-state index contributed by atoms with van der Waals surface area (Å²) in [6.07, 6.45) is 8.97. The minimum Gasteiger partial charge on any atom is -0.373 e. The number of hydrogen-bond donors (Lipinski definition) is 2. The molecule has 0 fully saturated rings. The van der Waals surface area contributed by atoms with Crippen molar-refractivity contribution in [3.8, 4) is 22.4 Å². The summed E-state index contributed by atoms with van der Waals surface area (Å²) in [5, 5.41) is 9.85. The quantitative estimate of drug-likeness (QED) is 0.187. The number of nitrogens with one attached hydrogen (secondary N) is 2. The first-order chi connectivity index (χ1) is 27.2. The van der Waals surface area contributed by atoms with Gasteiger partial charge in [-0.2, -0.15) is 0 Å². The van der Waals surface area contributed by atoms with E-state index < -0.39 is 0 Å². The van der Waals surface area contributed by atoms with E-state index in [2.05, 4.69) is 187 Å². The van der Waals surface area contributed by atoms with Gasteiger partial charge in [0.05, 0.1) is 58.1 Å². The molecule has 0 radical (unpaired) electrons. The number of aromatic nitrogens is 2. The Kier molecular flexibility index (Phi) is 7.30. The summed E-state index contributed by atoms with van der Waals surface area (Å²) in [7, 11) is 0. The van der Waals surface area contributed by atoms with Gasteiger partial charge in [0.1, 0.15) is 0 Å². The van der Waals surface area contributed by atoms with E-state index in [1.54, 1.807) is 0 Å². The average molecular weight is 706 g/mol. The van der Waals surface area contributed by atoms with Crippen LogP contribution in [0.2, 0.25) is 0 Å². The summed E-state index contributed by atoms with van der Waals surface area (Å²) < 4.78 is 0. The standard InChI is InChI=1S/C50H35N5/c1-2-6-32(7-3-1)42-25-22-36-16-17-37-23-26-43(55-49(37)48(36)54-42)33-12-10-31(11-13-33)38-18-14-34-20-24-44(52-46(34)28-38)39-19-15-35-21-27-45(53-47(35)29-39)50-41-9-5-4-8-40(41)30-51-50/h1-29,42-43,54-55H,30H2. The topological polar surface area (TPSA) is 62.2 Å². The van der Waals surface area contributed by atoms with Crippen molar-refractivity contribution in [2.75, 3.05) is 10.6 Å². The maximum atomic E-state index is 5.16. The van der Waals surface area contributed by atoms with E-state index in [1.165, 1.54) is 33.4 Å². The number of benzene rings is 6. The number of aliphatic imine (C=N–C) groups is 1. The fraction of sp³-hybridized carbons (Fsp3) is 0.0600. The zero-order valence-corrected chi connectivity index (χ0v) is 29.9. The zero-order chi connectivity index (χ0) is 36.3. The van der Waals surface area contributed by atoms with Crippen LogP contribution in [-0.2, 0) is 6.54 Å². The Morgan fingerprint density at radius 2 is 1.04 bits per heavy atom. The molecule has 2 N–H and O–H groups in total. The first kappa shape index (κ1) is 31.4. The summed E-state index contributed by atoms with van der Waals surface area (Å²) in [5.74, 6) is 0. The molecule has 0 amide bonds. The average Bonchev–Trinajstić information content (AvgIpc) is 3.70. The first-order valence-corrected chi connectivity index (χ1v) is 18.9. The molecule has 3 aliphatic rings. The van der Waals surface area contributed by atoms with Crippen molar-refractivity contribution in [3.05, 3.63) is 203 Å². The van der Waals surface area contributed by atoms with E-state index in [-0.39, 0.29) is 12.1 Å². The van der Waals surface area contributed by atoms with Gasteiger partial charge in [-0.25, -0.2) is 9.97 Å². The van der Waals surface area contributed by atoms with Crippen LogP contribution in [0.5, 0.6) is 0 Å². The predicted octanol–water partition coefficient (Wildman–Crippen LogP) is 11.8. The molecule has 5 heterocycles. The van der Waals surface area contributed by atoms with Crippen LogP contribution in [0.3, 0.4) is 0 Å². The van der Waals surface area contributed by atoms with Crippen LogP contribution in [-0.4, -0.2) is 15.7 Å². The molecule has 6 aromatic carbocycles. The van der Waals surface area contributed by atoms with Crippen molar-refractivity contribution in [3.63, 3.8) is 0 Å². The molecular formula is C50H35N5. The van der Waals surface area contributed by atoms with E-state index in [9.17, 15) is 0 Å². The molecule has 8 aromatic rings. The number of nitrogens with zero attached hydrogens (tertiary/aromatic N) is 3. The van der Waals surface area contributed by atoms with Crippen LogP contribution in [0.1, 0.15) is 51.2 Å². The van der Waals surface area contributed by atoms with Gasteiger partial charge in [0, 0.05) is 21.9 Å². The van der Waals surface area contributed by atoms with Crippen molar-refractivity contribution in [1.82, 2.24) is 9.97 Å². The van der Waals surface area contributed by atoms with Crippen molar-refractivity contribution < 1.29 is 0 Å². The largest absolute Gasteiger partial charge is 0.373 e. The molecule has 2 unspecified atom stereocenters. The lowest BCUT2D eigenvalue weighted by atomic mass is 9.93. The fourth-order valence-electron chi connectivity index (χ4n) is 8.19. The third-order valence-electron chi connectivity index (χ3n) is 11.2. The van der Waals surface area contributed by atoms with Crippen LogP contribution >= 0.6 is 0 Å². The van der Waals surface area contributed by atoms with E-state index in [4.69, 9.17) is 15.0 Å². The van der Waals surface area contributed by atoms with Gasteiger partial charge < -0.3 is 10.6 Å². The van der Waals surface area contributed by atoms with Crippen molar-refractivity contribution in [2.45, 2.75) is 18.6 Å². The van der Waals surface area contributed by atoms with Gasteiger partial charge >= 0.3 is 0 Å².